The van der Waals surface area contributed by atoms with Gasteiger partial charge in [0.1, 0.15) is 0 Å². The second-order valence-electron chi connectivity index (χ2n) is 4.56. The highest BCUT2D eigenvalue weighted by atomic mass is 32.1. The first-order chi connectivity index (χ1) is 6.59. The topological polar surface area (TPSA) is 33.1 Å². The summed E-state index contributed by atoms with van der Waals surface area (Å²) >= 11 is 1.74. The second-order valence-corrected chi connectivity index (χ2v) is 5.45. The van der Waals surface area contributed by atoms with E-state index in [4.69, 9.17) is 0 Å². The molecular formula is C11H17NOS. The minimum absolute atomic E-state index is 0.332. The van der Waals surface area contributed by atoms with Crippen molar-refractivity contribution in [3.8, 4) is 0 Å². The average Bonchev–Trinajstić information content (AvgIpc) is 2.68. The fourth-order valence-electron chi connectivity index (χ4n) is 1.46. The van der Waals surface area contributed by atoms with E-state index in [1.54, 1.807) is 11.3 Å². The van der Waals surface area contributed by atoms with Crippen LogP contribution in [0.5, 0.6) is 0 Å². The first kappa shape index (κ1) is 10.1. The lowest BCUT2D eigenvalue weighted by Gasteiger charge is -2.04. The standard InChI is InChI=1S/C11H17NOS/c1-8(2)10-12-9(7-14-10)3-4-11(13)5-6-11/h7-8,13H,3-6H2,1-2H3. The van der Waals surface area contributed by atoms with Crippen molar-refractivity contribution < 1.29 is 5.11 Å². The van der Waals surface area contributed by atoms with Gasteiger partial charge in [-0.1, -0.05) is 13.8 Å². The number of hydrogen-bond donors (Lipinski definition) is 1. The van der Waals surface area contributed by atoms with Crippen LogP contribution < -0.4 is 0 Å². The van der Waals surface area contributed by atoms with Gasteiger partial charge in [0.05, 0.1) is 16.3 Å². The van der Waals surface area contributed by atoms with Gasteiger partial charge in [0.15, 0.2) is 0 Å². The van der Waals surface area contributed by atoms with Crippen LogP contribution in [0.15, 0.2) is 5.38 Å². The van der Waals surface area contributed by atoms with E-state index >= 15 is 0 Å². The molecular weight excluding hydrogens is 194 g/mol. The van der Waals surface area contributed by atoms with Crippen molar-refractivity contribution in [2.45, 2.75) is 51.0 Å². The number of aryl methyl sites for hydroxylation is 1. The van der Waals surface area contributed by atoms with Gasteiger partial charge in [-0.2, -0.15) is 0 Å². The van der Waals surface area contributed by atoms with Gasteiger partial charge in [0.2, 0.25) is 0 Å². The molecule has 0 bridgehead atoms. The smallest absolute Gasteiger partial charge is 0.0953 e. The maximum Gasteiger partial charge on any atom is 0.0953 e. The Morgan fingerprint density at radius 2 is 2.29 bits per heavy atom. The Kier molecular flexibility index (Phi) is 2.62. The van der Waals surface area contributed by atoms with Gasteiger partial charge in [-0.3, -0.25) is 0 Å². The van der Waals surface area contributed by atoms with Crippen molar-refractivity contribution >= 4 is 11.3 Å². The van der Waals surface area contributed by atoms with E-state index in [1.807, 2.05) is 0 Å². The fraction of sp³-hybridized carbons (Fsp3) is 0.727. The van der Waals surface area contributed by atoms with E-state index in [1.165, 1.54) is 5.01 Å². The fourth-order valence-corrected chi connectivity index (χ4v) is 2.33. The van der Waals surface area contributed by atoms with E-state index in [9.17, 15) is 5.11 Å². The highest BCUT2D eigenvalue weighted by molar-refractivity contribution is 7.09. The molecule has 0 amide bonds. The first-order valence-electron chi connectivity index (χ1n) is 5.26. The molecule has 1 aliphatic carbocycles. The summed E-state index contributed by atoms with van der Waals surface area (Å²) in [6, 6.07) is 0. The van der Waals surface area contributed by atoms with Crippen molar-refractivity contribution in [2.24, 2.45) is 0 Å². The summed E-state index contributed by atoms with van der Waals surface area (Å²) < 4.78 is 0. The molecule has 1 saturated carbocycles. The van der Waals surface area contributed by atoms with E-state index in [-0.39, 0.29) is 5.60 Å². The number of hydrogen-bond acceptors (Lipinski definition) is 3. The van der Waals surface area contributed by atoms with Crippen molar-refractivity contribution in [3.05, 3.63) is 16.1 Å². The summed E-state index contributed by atoms with van der Waals surface area (Å²) in [4.78, 5) is 4.55. The lowest BCUT2D eigenvalue weighted by atomic mass is 10.1. The van der Waals surface area contributed by atoms with Crippen molar-refractivity contribution in [1.82, 2.24) is 4.98 Å². The molecule has 0 spiro atoms. The maximum atomic E-state index is 9.68. The van der Waals surface area contributed by atoms with Gasteiger partial charge in [-0.05, 0) is 25.7 Å². The molecule has 1 N–H and O–H groups in total. The minimum Gasteiger partial charge on any atom is -0.390 e. The Morgan fingerprint density at radius 1 is 1.57 bits per heavy atom. The van der Waals surface area contributed by atoms with Crippen LogP contribution in [0.4, 0.5) is 0 Å². The molecule has 0 aliphatic heterocycles. The molecule has 1 fully saturated rings. The van der Waals surface area contributed by atoms with Gasteiger partial charge >= 0.3 is 0 Å². The molecule has 1 heterocycles. The second kappa shape index (κ2) is 3.63. The summed E-state index contributed by atoms with van der Waals surface area (Å²) in [6.45, 7) is 4.33. The molecule has 0 radical (unpaired) electrons. The number of thiazole rings is 1. The zero-order chi connectivity index (χ0) is 10.2. The van der Waals surface area contributed by atoms with Crippen molar-refractivity contribution in [1.29, 1.82) is 0 Å². The minimum atomic E-state index is -0.332. The predicted octanol–water partition coefficient (Wildman–Crippen LogP) is 2.72. The zero-order valence-electron chi connectivity index (χ0n) is 8.79. The molecule has 3 heteroatoms. The Bertz CT molecular complexity index is 315. The molecule has 1 aliphatic rings. The van der Waals surface area contributed by atoms with E-state index < -0.39 is 0 Å². The van der Waals surface area contributed by atoms with E-state index in [0.717, 1.165) is 31.4 Å². The molecule has 0 atom stereocenters. The van der Waals surface area contributed by atoms with E-state index in [0.29, 0.717) is 5.92 Å². The van der Waals surface area contributed by atoms with Gasteiger partial charge < -0.3 is 5.11 Å². The summed E-state index contributed by atoms with van der Waals surface area (Å²) in [6.07, 6.45) is 3.77. The average molecular weight is 211 g/mol. The Balaban J connectivity index is 1.90. The largest absolute Gasteiger partial charge is 0.390 e. The number of rotatable bonds is 4. The monoisotopic (exact) mass is 211 g/mol. The third-order valence-corrected chi connectivity index (χ3v) is 3.93. The maximum absolute atomic E-state index is 9.68. The Morgan fingerprint density at radius 3 is 2.79 bits per heavy atom. The Hall–Kier alpha value is -0.410. The molecule has 0 unspecified atom stereocenters. The molecule has 1 aromatic rings. The van der Waals surface area contributed by atoms with Crippen molar-refractivity contribution in [2.75, 3.05) is 0 Å². The zero-order valence-corrected chi connectivity index (χ0v) is 9.60. The van der Waals surface area contributed by atoms with Crippen molar-refractivity contribution in [3.63, 3.8) is 0 Å². The van der Waals surface area contributed by atoms with Gasteiger partial charge in [0, 0.05) is 11.3 Å². The van der Waals surface area contributed by atoms with Crippen LogP contribution in [0.3, 0.4) is 0 Å². The Labute approximate surface area is 89.0 Å². The van der Waals surface area contributed by atoms with Gasteiger partial charge in [-0.25, -0.2) is 4.98 Å². The van der Waals surface area contributed by atoms with Crippen LogP contribution in [0.2, 0.25) is 0 Å². The third kappa shape index (κ3) is 2.34. The van der Waals surface area contributed by atoms with E-state index in [2.05, 4.69) is 24.2 Å². The number of aliphatic hydroxyl groups is 1. The number of aromatic nitrogens is 1. The van der Waals surface area contributed by atoms with Crippen LogP contribution in [-0.2, 0) is 6.42 Å². The molecule has 2 rings (SSSR count). The quantitative estimate of drug-likeness (QED) is 0.830. The van der Waals surface area contributed by atoms with Crippen LogP contribution in [-0.4, -0.2) is 15.7 Å². The summed E-state index contributed by atoms with van der Waals surface area (Å²) in [5.74, 6) is 0.526. The van der Waals surface area contributed by atoms with Crippen LogP contribution >= 0.6 is 11.3 Å². The lowest BCUT2D eigenvalue weighted by Crippen LogP contribution is -2.07. The van der Waals surface area contributed by atoms with Crippen LogP contribution in [0.1, 0.15) is 49.7 Å². The SMILES string of the molecule is CC(C)c1nc(CCC2(O)CC2)cs1. The molecule has 0 aromatic carbocycles. The molecule has 2 nitrogen and oxygen atoms in total. The lowest BCUT2D eigenvalue weighted by molar-refractivity contribution is 0.140. The molecule has 78 valence electrons. The highest BCUT2D eigenvalue weighted by Gasteiger charge is 2.39. The van der Waals surface area contributed by atoms with Gasteiger partial charge in [0.25, 0.3) is 0 Å². The first-order valence-corrected chi connectivity index (χ1v) is 6.14. The molecule has 1 aromatic heterocycles. The normalized spacial score (nSPS) is 18.9. The molecule has 0 saturated heterocycles. The van der Waals surface area contributed by atoms with Crippen LogP contribution in [0, 0.1) is 0 Å². The molecule has 14 heavy (non-hydrogen) atoms. The van der Waals surface area contributed by atoms with Gasteiger partial charge in [-0.15, -0.1) is 11.3 Å². The summed E-state index contributed by atoms with van der Waals surface area (Å²) in [5.41, 5.74) is 0.820. The summed E-state index contributed by atoms with van der Waals surface area (Å²) in [5, 5.41) is 13.0. The predicted molar refractivity (Wildman–Crippen MR) is 58.7 cm³/mol. The summed E-state index contributed by atoms with van der Waals surface area (Å²) in [7, 11) is 0. The van der Waals surface area contributed by atoms with Crippen LogP contribution in [0.25, 0.3) is 0 Å². The number of nitrogens with zero attached hydrogens (tertiary/aromatic N) is 1. The third-order valence-electron chi connectivity index (χ3n) is 2.74. The highest BCUT2D eigenvalue weighted by Crippen LogP contribution is 2.39.